The quantitative estimate of drug-likeness (QED) is 0.665. The van der Waals surface area contributed by atoms with Gasteiger partial charge in [-0.25, -0.2) is 9.97 Å². The van der Waals surface area contributed by atoms with Gasteiger partial charge in [0.1, 0.15) is 6.29 Å². The smallest absolute Gasteiger partial charge is 0.224 e. The van der Waals surface area contributed by atoms with Crippen LogP contribution in [0.1, 0.15) is 18.2 Å². The molecule has 1 aromatic rings. The van der Waals surface area contributed by atoms with E-state index in [0.29, 0.717) is 12.4 Å². The highest BCUT2D eigenvalue weighted by atomic mass is 16.1. The Kier molecular flexibility index (Phi) is 3.56. The maximum Gasteiger partial charge on any atom is 0.224 e. The standard InChI is InChI=1S/C10H15N3O/c1-4-9-8(5-6-14)7-11-10(12-9)13(2)3/h6-7H,4-5H2,1-3H3. The molecule has 0 spiro atoms. The molecule has 0 aliphatic rings. The molecule has 0 saturated heterocycles. The fourth-order valence-corrected chi connectivity index (χ4v) is 1.21. The Bertz CT molecular complexity index is 323. The highest BCUT2D eigenvalue weighted by molar-refractivity contribution is 5.55. The zero-order valence-corrected chi connectivity index (χ0v) is 8.82. The molecule has 0 saturated carbocycles. The number of aldehydes is 1. The molecule has 0 N–H and O–H groups in total. The van der Waals surface area contributed by atoms with Gasteiger partial charge in [0.2, 0.25) is 5.95 Å². The summed E-state index contributed by atoms with van der Waals surface area (Å²) in [6.45, 7) is 2.02. The Hall–Kier alpha value is -1.45. The van der Waals surface area contributed by atoms with Crippen molar-refractivity contribution < 1.29 is 4.79 Å². The van der Waals surface area contributed by atoms with Crippen LogP contribution in [-0.4, -0.2) is 30.3 Å². The SMILES string of the molecule is CCc1nc(N(C)C)ncc1CC=O. The number of carbonyl (C=O) groups excluding carboxylic acids is 1. The van der Waals surface area contributed by atoms with E-state index >= 15 is 0 Å². The number of rotatable bonds is 4. The maximum absolute atomic E-state index is 10.4. The van der Waals surface area contributed by atoms with Crippen LogP contribution in [0.5, 0.6) is 0 Å². The van der Waals surface area contributed by atoms with Crippen LogP contribution in [0.15, 0.2) is 6.20 Å². The van der Waals surface area contributed by atoms with E-state index in [0.717, 1.165) is 24.0 Å². The van der Waals surface area contributed by atoms with Gasteiger partial charge in [-0.3, -0.25) is 0 Å². The molecule has 0 aliphatic carbocycles. The molecule has 0 amide bonds. The van der Waals surface area contributed by atoms with Gasteiger partial charge in [0, 0.05) is 32.4 Å². The number of aryl methyl sites for hydroxylation is 1. The lowest BCUT2D eigenvalue weighted by Gasteiger charge is -2.12. The van der Waals surface area contributed by atoms with Crippen molar-refractivity contribution in [2.75, 3.05) is 19.0 Å². The first-order chi connectivity index (χ1) is 6.69. The lowest BCUT2D eigenvalue weighted by atomic mass is 10.1. The van der Waals surface area contributed by atoms with Crippen molar-refractivity contribution in [3.63, 3.8) is 0 Å². The molecule has 0 aliphatic heterocycles. The summed E-state index contributed by atoms with van der Waals surface area (Å²) in [4.78, 5) is 20.8. The van der Waals surface area contributed by atoms with E-state index < -0.39 is 0 Å². The van der Waals surface area contributed by atoms with Crippen molar-refractivity contribution in [2.45, 2.75) is 19.8 Å². The average Bonchev–Trinajstić information content (AvgIpc) is 2.18. The molecule has 4 nitrogen and oxygen atoms in total. The van der Waals surface area contributed by atoms with Gasteiger partial charge in [0.25, 0.3) is 0 Å². The molecule has 14 heavy (non-hydrogen) atoms. The number of aromatic nitrogens is 2. The van der Waals surface area contributed by atoms with Gasteiger partial charge in [-0.1, -0.05) is 6.92 Å². The zero-order chi connectivity index (χ0) is 10.6. The third kappa shape index (κ3) is 2.28. The summed E-state index contributed by atoms with van der Waals surface area (Å²) < 4.78 is 0. The molecule has 0 aromatic carbocycles. The first kappa shape index (κ1) is 10.6. The fraction of sp³-hybridized carbons (Fsp3) is 0.500. The minimum Gasteiger partial charge on any atom is -0.347 e. The van der Waals surface area contributed by atoms with Crippen LogP contribution in [0.4, 0.5) is 5.95 Å². The van der Waals surface area contributed by atoms with Gasteiger partial charge in [-0.2, -0.15) is 0 Å². The van der Waals surface area contributed by atoms with Crippen molar-refractivity contribution in [3.05, 3.63) is 17.5 Å². The molecule has 4 heteroatoms. The summed E-state index contributed by atoms with van der Waals surface area (Å²) >= 11 is 0. The predicted molar refractivity (Wildman–Crippen MR) is 55.5 cm³/mol. The molecule has 0 fully saturated rings. The molecule has 1 heterocycles. The van der Waals surface area contributed by atoms with Crippen molar-refractivity contribution in [3.8, 4) is 0 Å². The second-order valence-electron chi connectivity index (χ2n) is 3.26. The second-order valence-corrected chi connectivity index (χ2v) is 3.26. The predicted octanol–water partition coefficient (Wildman–Crippen LogP) is 0.846. The molecule has 1 rings (SSSR count). The van der Waals surface area contributed by atoms with Crippen LogP contribution >= 0.6 is 0 Å². The molecule has 76 valence electrons. The second kappa shape index (κ2) is 4.69. The zero-order valence-electron chi connectivity index (χ0n) is 8.82. The van der Waals surface area contributed by atoms with Gasteiger partial charge in [0.15, 0.2) is 0 Å². The summed E-state index contributed by atoms with van der Waals surface area (Å²) in [5.41, 5.74) is 1.88. The van der Waals surface area contributed by atoms with E-state index in [4.69, 9.17) is 0 Å². The van der Waals surface area contributed by atoms with E-state index in [1.807, 2.05) is 25.9 Å². The van der Waals surface area contributed by atoms with Crippen LogP contribution in [0.2, 0.25) is 0 Å². The van der Waals surface area contributed by atoms with E-state index in [9.17, 15) is 4.79 Å². The highest BCUT2D eigenvalue weighted by Crippen LogP contribution is 2.10. The highest BCUT2D eigenvalue weighted by Gasteiger charge is 2.05. The molecule has 0 unspecified atom stereocenters. The molecular weight excluding hydrogens is 178 g/mol. The van der Waals surface area contributed by atoms with Gasteiger partial charge in [0.05, 0.1) is 0 Å². The van der Waals surface area contributed by atoms with Crippen molar-refractivity contribution in [2.24, 2.45) is 0 Å². The molecule has 1 aromatic heterocycles. The Morgan fingerprint density at radius 3 is 2.71 bits per heavy atom. The largest absolute Gasteiger partial charge is 0.347 e. The van der Waals surface area contributed by atoms with Crippen LogP contribution in [0.3, 0.4) is 0 Å². The molecular formula is C10H15N3O. The van der Waals surface area contributed by atoms with Crippen LogP contribution < -0.4 is 4.90 Å². The molecule has 0 radical (unpaired) electrons. The maximum atomic E-state index is 10.4. The van der Waals surface area contributed by atoms with Gasteiger partial charge >= 0.3 is 0 Å². The van der Waals surface area contributed by atoms with Gasteiger partial charge in [-0.05, 0) is 12.0 Å². The minimum absolute atomic E-state index is 0.400. The number of anilines is 1. The summed E-state index contributed by atoms with van der Waals surface area (Å²) in [7, 11) is 3.79. The first-order valence-corrected chi connectivity index (χ1v) is 4.64. The van der Waals surface area contributed by atoms with Crippen LogP contribution in [0.25, 0.3) is 0 Å². The summed E-state index contributed by atoms with van der Waals surface area (Å²) in [5, 5.41) is 0. The summed E-state index contributed by atoms with van der Waals surface area (Å²) in [6.07, 6.45) is 3.84. The van der Waals surface area contributed by atoms with E-state index in [1.54, 1.807) is 6.20 Å². The Morgan fingerprint density at radius 1 is 1.50 bits per heavy atom. The van der Waals surface area contributed by atoms with Gasteiger partial charge < -0.3 is 9.69 Å². The van der Waals surface area contributed by atoms with Crippen molar-refractivity contribution in [1.82, 2.24) is 9.97 Å². The van der Waals surface area contributed by atoms with E-state index in [1.165, 1.54) is 0 Å². The third-order valence-corrected chi connectivity index (χ3v) is 1.98. The van der Waals surface area contributed by atoms with E-state index in [2.05, 4.69) is 9.97 Å². The number of carbonyl (C=O) groups is 1. The van der Waals surface area contributed by atoms with Crippen molar-refractivity contribution >= 4 is 12.2 Å². The van der Waals surface area contributed by atoms with Crippen LogP contribution in [0, 0.1) is 0 Å². The molecule has 0 bridgehead atoms. The normalized spacial score (nSPS) is 9.93. The average molecular weight is 193 g/mol. The lowest BCUT2D eigenvalue weighted by Crippen LogP contribution is -2.14. The summed E-state index contributed by atoms with van der Waals surface area (Å²) in [6, 6.07) is 0. The van der Waals surface area contributed by atoms with E-state index in [-0.39, 0.29) is 0 Å². The number of nitrogens with zero attached hydrogens (tertiary/aromatic N) is 3. The topological polar surface area (TPSA) is 46.1 Å². The van der Waals surface area contributed by atoms with Crippen LogP contribution in [-0.2, 0) is 17.6 Å². The minimum atomic E-state index is 0.400. The Balaban J connectivity index is 3.04. The summed E-state index contributed by atoms with van der Waals surface area (Å²) in [5.74, 6) is 0.691. The van der Waals surface area contributed by atoms with Gasteiger partial charge in [-0.15, -0.1) is 0 Å². The number of hydrogen-bond acceptors (Lipinski definition) is 4. The third-order valence-electron chi connectivity index (χ3n) is 1.98. The lowest BCUT2D eigenvalue weighted by molar-refractivity contribution is -0.107. The molecule has 0 atom stereocenters. The Morgan fingerprint density at radius 2 is 2.21 bits per heavy atom. The Labute approximate surface area is 84.0 Å². The monoisotopic (exact) mass is 193 g/mol. The first-order valence-electron chi connectivity index (χ1n) is 4.64. The fourth-order valence-electron chi connectivity index (χ4n) is 1.21. The number of hydrogen-bond donors (Lipinski definition) is 0. The van der Waals surface area contributed by atoms with Crippen molar-refractivity contribution in [1.29, 1.82) is 0 Å².